The smallest absolute Gasteiger partial charge is 0.264 e. The van der Waals surface area contributed by atoms with Crippen molar-refractivity contribution in [3.05, 3.63) is 40.7 Å². The van der Waals surface area contributed by atoms with Crippen LogP contribution in [-0.4, -0.2) is 34.1 Å². The SMILES string of the molecule is CCCN1CC[C@@H](Cn2cnc3cccc(F)c3c2=O)C1. The third-order valence-corrected chi connectivity index (χ3v) is 4.17. The predicted octanol–water partition coefficient (Wildman–Crippen LogP) is 2.27. The zero-order chi connectivity index (χ0) is 14.8. The molecule has 1 saturated heterocycles. The van der Waals surface area contributed by atoms with Gasteiger partial charge in [-0.3, -0.25) is 9.36 Å². The van der Waals surface area contributed by atoms with E-state index in [1.165, 1.54) is 6.07 Å². The lowest BCUT2D eigenvalue weighted by molar-refractivity contribution is 0.316. The molecule has 2 heterocycles. The Morgan fingerprint density at radius 3 is 3.10 bits per heavy atom. The van der Waals surface area contributed by atoms with E-state index in [2.05, 4.69) is 16.8 Å². The second-order valence-corrected chi connectivity index (χ2v) is 5.79. The average molecular weight is 289 g/mol. The van der Waals surface area contributed by atoms with Crippen LogP contribution in [0, 0.1) is 11.7 Å². The van der Waals surface area contributed by atoms with Gasteiger partial charge in [0.2, 0.25) is 0 Å². The summed E-state index contributed by atoms with van der Waals surface area (Å²) in [6, 6.07) is 4.56. The molecule has 5 heteroatoms. The lowest BCUT2D eigenvalue weighted by Crippen LogP contribution is -2.27. The van der Waals surface area contributed by atoms with E-state index in [1.54, 1.807) is 23.0 Å². The summed E-state index contributed by atoms with van der Waals surface area (Å²) in [4.78, 5) is 19.0. The molecule has 0 N–H and O–H groups in total. The highest BCUT2D eigenvalue weighted by Crippen LogP contribution is 2.18. The van der Waals surface area contributed by atoms with Crippen molar-refractivity contribution in [1.82, 2.24) is 14.5 Å². The molecular formula is C16H20FN3O. The summed E-state index contributed by atoms with van der Waals surface area (Å²) in [6.45, 7) is 6.00. The number of nitrogens with zero attached hydrogens (tertiary/aromatic N) is 3. The lowest BCUT2D eigenvalue weighted by atomic mass is 10.1. The molecule has 1 aromatic carbocycles. The first kappa shape index (κ1) is 14.2. The number of fused-ring (bicyclic) bond motifs is 1. The molecule has 1 aliphatic rings. The van der Waals surface area contributed by atoms with Gasteiger partial charge in [0.15, 0.2) is 0 Å². The van der Waals surface area contributed by atoms with Crippen LogP contribution >= 0.6 is 0 Å². The minimum Gasteiger partial charge on any atom is -0.303 e. The van der Waals surface area contributed by atoms with Gasteiger partial charge >= 0.3 is 0 Å². The molecule has 1 aliphatic heterocycles. The Kier molecular flexibility index (Phi) is 4.01. The Morgan fingerprint density at radius 1 is 1.43 bits per heavy atom. The molecule has 3 rings (SSSR count). The fourth-order valence-electron chi connectivity index (χ4n) is 3.15. The molecule has 0 amide bonds. The van der Waals surface area contributed by atoms with Gasteiger partial charge in [-0.1, -0.05) is 13.0 Å². The predicted molar refractivity (Wildman–Crippen MR) is 80.8 cm³/mol. The number of hydrogen-bond acceptors (Lipinski definition) is 3. The van der Waals surface area contributed by atoms with E-state index in [0.29, 0.717) is 18.0 Å². The minimum atomic E-state index is -0.488. The van der Waals surface area contributed by atoms with E-state index in [9.17, 15) is 9.18 Å². The topological polar surface area (TPSA) is 38.1 Å². The third kappa shape index (κ3) is 2.83. The second kappa shape index (κ2) is 5.93. The summed E-state index contributed by atoms with van der Waals surface area (Å²) in [5, 5.41) is 0.100. The van der Waals surface area contributed by atoms with E-state index in [-0.39, 0.29) is 10.9 Å². The number of likely N-dealkylation sites (tertiary alicyclic amines) is 1. The second-order valence-electron chi connectivity index (χ2n) is 5.79. The number of rotatable bonds is 4. The van der Waals surface area contributed by atoms with Gasteiger partial charge in [0.05, 0.1) is 11.8 Å². The Bertz CT molecular complexity index is 697. The van der Waals surface area contributed by atoms with Crippen LogP contribution in [0.25, 0.3) is 10.9 Å². The molecular weight excluding hydrogens is 269 g/mol. The van der Waals surface area contributed by atoms with Gasteiger partial charge in [0.1, 0.15) is 11.2 Å². The van der Waals surface area contributed by atoms with Gasteiger partial charge < -0.3 is 4.90 Å². The maximum atomic E-state index is 13.8. The van der Waals surface area contributed by atoms with Gasteiger partial charge in [-0.25, -0.2) is 9.37 Å². The maximum absolute atomic E-state index is 13.8. The summed E-state index contributed by atoms with van der Waals surface area (Å²) < 4.78 is 15.4. The van der Waals surface area contributed by atoms with Crippen molar-refractivity contribution in [1.29, 1.82) is 0 Å². The van der Waals surface area contributed by atoms with Gasteiger partial charge in [-0.2, -0.15) is 0 Å². The Hall–Kier alpha value is -1.75. The monoisotopic (exact) mass is 289 g/mol. The van der Waals surface area contributed by atoms with Gasteiger partial charge in [0.25, 0.3) is 5.56 Å². The zero-order valence-corrected chi connectivity index (χ0v) is 12.3. The van der Waals surface area contributed by atoms with Crippen LogP contribution < -0.4 is 5.56 Å². The fourth-order valence-corrected chi connectivity index (χ4v) is 3.15. The molecule has 1 aromatic heterocycles. The first-order chi connectivity index (χ1) is 10.2. The molecule has 4 nitrogen and oxygen atoms in total. The molecule has 0 unspecified atom stereocenters. The van der Waals surface area contributed by atoms with Crippen LogP contribution in [0.1, 0.15) is 19.8 Å². The molecule has 0 radical (unpaired) electrons. The van der Waals surface area contributed by atoms with Crippen LogP contribution in [0.3, 0.4) is 0 Å². The summed E-state index contributed by atoms with van der Waals surface area (Å²) in [7, 11) is 0. The Balaban J connectivity index is 1.84. The van der Waals surface area contributed by atoms with Crippen molar-refractivity contribution in [2.75, 3.05) is 19.6 Å². The standard InChI is InChI=1S/C16H20FN3O/c1-2-7-19-8-6-12(9-19)10-20-11-18-14-5-3-4-13(17)15(14)16(20)21/h3-5,11-12H,2,6-10H2,1H3/t12-/m1/s1. The molecule has 0 saturated carbocycles. The molecule has 1 fully saturated rings. The summed E-state index contributed by atoms with van der Waals surface area (Å²) in [5.74, 6) is -0.0429. The molecule has 0 bridgehead atoms. The highest BCUT2D eigenvalue weighted by atomic mass is 19.1. The lowest BCUT2D eigenvalue weighted by Gasteiger charge is -2.15. The largest absolute Gasteiger partial charge is 0.303 e. The van der Waals surface area contributed by atoms with Crippen molar-refractivity contribution in [3.63, 3.8) is 0 Å². The van der Waals surface area contributed by atoms with Crippen molar-refractivity contribution in [2.24, 2.45) is 5.92 Å². The van der Waals surface area contributed by atoms with Crippen molar-refractivity contribution < 1.29 is 4.39 Å². The van der Waals surface area contributed by atoms with Crippen LogP contribution in [0.15, 0.2) is 29.3 Å². The van der Waals surface area contributed by atoms with Crippen molar-refractivity contribution >= 4 is 10.9 Å². The Labute approximate surface area is 123 Å². The van der Waals surface area contributed by atoms with Crippen LogP contribution in [-0.2, 0) is 6.54 Å². The van der Waals surface area contributed by atoms with Crippen LogP contribution in [0.5, 0.6) is 0 Å². The molecule has 2 aromatic rings. The van der Waals surface area contributed by atoms with Gasteiger partial charge in [0, 0.05) is 13.1 Å². The molecule has 0 aliphatic carbocycles. The summed E-state index contributed by atoms with van der Waals surface area (Å²) >= 11 is 0. The molecule has 21 heavy (non-hydrogen) atoms. The fraction of sp³-hybridized carbons (Fsp3) is 0.500. The molecule has 0 spiro atoms. The normalized spacial score (nSPS) is 19.4. The summed E-state index contributed by atoms with van der Waals surface area (Å²) in [5.41, 5.74) is 0.155. The third-order valence-electron chi connectivity index (χ3n) is 4.17. The van der Waals surface area contributed by atoms with Gasteiger partial charge in [-0.15, -0.1) is 0 Å². The van der Waals surface area contributed by atoms with Crippen LogP contribution in [0.2, 0.25) is 0 Å². The Morgan fingerprint density at radius 2 is 2.29 bits per heavy atom. The maximum Gasteiger partial charge on any atom is 0.264 e. The summed E-state index contributed by atoms with van der Waals surface area (Å²) in [6.07, 6.45) is 3.78. The van der Waals surface area contributed by atoms with E-state index in [1.807, 2.05) is 0 Å². The number of halogens is 1. The quantitative estimate of drug-likeness (QED) is 0.866. The van der Waals surface area contributed by atoms with E-state index in [0.717, 1.165) is 32.5 Å². The highest BCUT2D eigenvalue weighted by molar-refractivity contribution is 5.77. The van der Waals surface area contributed by atoms with Crippen molar-refractivity contribution in [2.45, 2.75) is 26.3 Å². The molecule has 112 valence electrons. The first-order valence-corrected chi connectivity index (χ1v) is 7.55. The van der Waals surface area contributed by atoms with Crippen LogP contribution in [0.4, 0.5) is 4.39 Å². The minimum absolute atomic E-state index is 0.100. The number of hydrogen-bond donors (Lipinski definition) is 0. The zero-order valence-electron chi connectivity index (χ0n) is 12.3. The van der Waals surface area contributed by atoms with Gasteiger partial charge in [-0.05, 0) is 44.0 Å². The van der Waals surface area contributed by atoms with Crippen molar-refractivity contribution in [3.8, 4) is 0 Å². The van der Waals surface area contributed by atoms with E-state index < -0.39 is 5.82 Å². The number of benzene rings is 1. The first-order valence-electron chi connectivity index (χ1n) is 7.55. The number of aromatic nitrogens is 2. The average Bonchev–Trinajstić information content (AvgIpc) is 2.90. The highest BCUT2D eigenvalue weighted by Gasteiger charge is 2.22. The molecule has 1 atom stereocenters. The van der Waals surface area contributed by atoms with E-state index >= 15 is 0 Å². The van der Waals surface area contributed by atoms with E-state index in [4.69, 9.17) is 0 Å².